The molecule has 0 aliphatic carbocycles. The Bertz CT molecular complexity index is 1160. The molecular formula is C26H29FN4O3. The number of anilines is 1. The SMILES string of the molecule is Cc1cccc(C2NC(=O)N(C)C3=C2C(=O)N(C(CC(C)C)C(=O)Nc2ccc(F)cc2)C3)c1. The van der Waals surface area contributed by atoms with Gasteiger partial charge in [0.1, 0.15) is 11.9 Å². The van der Waals surface area contributed by atoms with Gasteiger partial charge in [0.05, 0.1) is 23.9 Å². The second kappa shape index (κ2) is 9.29. The molecule has 8 heteroatoms. The Morgan fingerprint density at radius 2 is 1.88 bits per heavy atom. The molecule has 2 aromatic carbocycles. The molecule has 178 valence electrons. The Morgan fingerprint density at radius 3 is 2.53 bits per heavy atom. The van der Waals surface area contributed by atoms with Crippen LogP contribution in [0.3, 0.4) is 0 Å². The minimum absolute atomic E-state index is 0.138. The molecular weight excluding hydrogens is 435 g/mol. The van der Waals surface area contributed by atoms with Crippen molar-refractivity contribution in [2.24, 2.45) is 5.92 Å². The molecule has 34 heavy (non-hydrogen) atoms. The summed E-state index contributed by atoms with van der Waals surface area (Å²) < 4.78 is 13.3. The Labute approximate surface area is 198 Å². The van der Waals surface area contributed by atoms with E-state index in [9.17, 15) is 18.8 Å². The first kappa shape index (κ1) is 23.5. The highest BCUT2D eigenvalue weighted by Crippen LogP contribution is 2.37. The minimum Gasteiger partial charge on any atom is -0.327 e. The Morgan fingerprint density at radius 1 is 1.18 bits per heavy atom. The van der Waals surface area contributed by atoms with E-state index in [0.717, 1.165) is 11.1 Å². The number of likely N-dealkylation sites (N-methyl/N-ethyl adjacent to an activating group) is 1. The van der Waals surface area contributed by atoms with E-state index < -0.39 is 17.9 Å². The van der Waals surface area contributed by atoms with Crippen LogP contribution in [0.4, 0.5) is 14.9 Å². The van der Waals surface area contributed by atoms with Crippen molar-refractivity contribution in [3.8, 4) is 0 Å². The molecule has 2 heterocycles. The zero-order valence-electron chi connectivity index (χ0n) is 19.8. The number of nitrogens with zero attached hydrogens (tertiary/aromatic N) is 2. The van der Waals surface area contributed by atoms with E-state index in [1.807, 2.05) is 45.0 Å². The van der Waals surface area contributed by atoms with Gasteiger partial charge in [-0.05, 0) is 49.1 Å². The zero-order chi connectivity index (χ0) is 24.6. The van der Waals surface area contributed by atoms with Gasteiger partial charge in [-0.3, -0.25) is 14.5 Å². The summed E-state index contributed by atoms with van der Waals surface area (Å²) in [4.78, 5) is 42.7. The van der Waals surface area contributed by atoms with E-state index in [4.69, 9.17) is 0 Å². The van der Waals surface area contributed by atoms with Gasteiger partial charge >= 0.3 is 6.03 Å². The molecule has 0 aromatic heterocycles. The largest absolute Gasteiger partial charge is 0.327 e. The normalized spacial score (nSPS) is 18.8. The number of benzene rings is 2. The summed E-state index contributed by atoms with van der Waals surface area (Å²) in [6, 6.07) is 11.6. The number of urea groups is 1. The molecule has 0 radical (unpaired) electrons. The van der Waals surface area contributed by atoms with E-state index in [1.54, 1.807) is 11.9 Å². The third-order valence-corrected chi connectivity index (χ3v) is 6.25. The van der Waals surface area contributed by atoms with Crippen molar-refractivity contribution in [2.45, 2.75) is 39.3 Å². The van der Waals surface area contributed by atoms with E-state index in [-0.39, 0.29) is 30.3 Å². The molecule has 2 atom stereocenters. The fourth-order valence-electron chi connectivity index (χ4n) is 4.52. The average molecular weight is 465 g/mol. The van der Waals surface area contributed by atoms with E-state index in [2.05, 4.69) is 10.6 Å². The Balaban J connectivity index is 1.66. The first-order chi connectivity index (χ1) is 16.2. The number of carbonyl (C=O) groups excluding carboxylic acids is 3. The van der Waals surface area contributed by atoms with Gasteiger partial charge in [-0.1, -0.05) is 43.7 Å². The Hall–Kier alpha value is -3.68. The van der Waals surface area contributed by atoms with Crippen LogP contribution >= 0.6 is 0 Å². The summed E-state index contributed by atoms with van der Waals surface area (Å²) in [7, 11) is 1.63. The van der Waals surface area contributed by atoms with Crippen molar-refractivity contribution in [3.63, 3.8) is 0 Å². The number of nitrogens with one attached hydrogen (secondary N) is 2. The number of rotatable bonds is 6. The van der Waals surface area contributed by atoms with Crippen LogP contribution in [0.5, 0.6) is 0 Å². The molecule has 0 bridgehead atoms. The molecule has 7 nitrogen and oxygen atoms in total. The lowest BCUT2D eigenvalue weighted by Gasteiger charge is -2.31. The van der Waals surface area contributed by atoms with Gasteiger partial charge in [-0.25, -0.2) is 9.18 Å². The van der Waals surface area contributed by atoms with Crippen molar-refractivity contribution in [1.29, 1.82) is 0 Å². The van der Waals surface area contributed by atoms with Crippen LogP contribution in [0, 0.1) is 18.7 Å². The molecule has 0 saturated heterocycles. The number of amides is 4. The van der Waals surface area contributed by atoms with Crippen LogP contribution in [0.1, 0.15) is 37.4 Å². The van der Waals surface area contributed by atoms with Gasteiger partial charge in [0.25, 0.3) is 5.91 Å². The fraction of sp³-hybridized carbons (Fsp3) is 0.346. The van der Waals surface area contributed by atoms with Crippen LogP contribution < -0.4 is 10.6 Å². The lowest BCUT2D eigenvalue weighted by Crippen LogP contribution is -2.47. The van der Waals surface area contributed by atoms with Crippen molar-refractivity contribution >= 4 is 23.5 Å². The molecule has 0 saturated carbocycles. The molecule has 2 aliphatic heterocycles. The number of hydrogen-bond acceptors (Lipinski definition) is 3. The van der Waals surface area contributed by atoms with Gasteiger partial charge in [0.15, 0.2) is 0 Å². The quantitative estimate of drug-likeness (QED) is 0.679. The average Bonchev–Trinajstić information content (AvgIpc) is 3.13. The molecule has 2 N–H and O–H groups in total. The van der Waals surface area contributed by atoms with Gasteiger partial charge in [-0.15, -0.1) is 0 Å². The van der Waals surface area contributed by atoms with Crippen molar-refractivity contribution in [2.75, 3.05) is 18.9 Å². The number of aryl methyl sites for hydroxylation is 1. The molecule has 2 aromatic rings. The maximum atomic E-state index is 13.7. The lowest BCUT2D eigenvalue weighted by atomic mass is 9.94. The van der Waals surface area contributed by atoms with Crippen LogP contribution in [0.15, 0.2) is 59.8 Å². The summed E-state index contributed by atoms with van der Waals surface area (Å²) in [6.45, 7) is 6.09. The lowest BCUT2D eigenvalue weighted by molar-refractivity contribution is -0.134. The smallest absolute Gasteiger partial charge is 0.322 e. The van der Waals surface area contributed by atoms with E-state index >= 15 is 0 Å². The van der Waals surface area contributed by atoms with Crippen LogP contribution in [0.2, 0.25) is 0 Å². The summed E-state index contributed by atoms with van der Waals surface area (Å²) in [5, 5.41) is 5.74. The van der Waals surface area contributed by atoms with E-state index in [0.29, 0.717) is 23.4 Å². The maximum Gasteiger partial charge on any atom is 0.322 e. The van der Waals surface area contributed by atoms with Gasteiger partial charge in [0.2, 0.25) is 5.91 Å². The number of hydrogen-bond donors (Lipinski definition) is 2. The zero-order valence-corrected chi connectivity index (χ0v) is 19.8. The van der Waals surface area contributed by atoms with Crippen molar-refractivity contribution in [3.05, 3.63) is 76.7 Å². The first-order valence-electron chi connectivity index (χ1n) is 11.4. The van der Waals surface area contributed by atoms with Gasteiger partial charge in [-0.2, -0.15) is 0 Å². The monoisotopic (exact) mass is 464 g/mol. The van der Waals surface area contributed by atoms with Crippen LogP contribution in [-0.4, -0.2) is 47.3 Å². The first-order valence-corrected chi connectivity index (χ1v) is 11.4. The predicted octanol–water partition coefficient (Wildman–Crippen LogP) is 3.98. The maximum absolute atomic E-state index is 13.7. The predicted molar refractivity (Wildman–Crippen MR) is 127 cm³/mol. The van der Waals surface area contributed by atoms with Gasteiger partial charge in [0, 0.05) is 12.7 Å². The molecule has 0 fully saturated rings. The second-order valence-electron chi connectivity index (χ2n) is 9.29. The summed E-state index contributed by atoms with van der Waals surface area (Å²) in [5.41, 5.74) is 3.38. The van der Waals surface area contributed by atoms with Crippen LogP contribution in [-0.2, 0) is 9.59 Å². The highest BCUT2D eigenvalue weighted by molar-refractivity contribution is 6.05. The van der Waals surface area contributed by atoms with Crippen molar-refractivity contribution < 1.29 is 18.8 Å². The number of carbonyl (C=O) groups is 3. The summed E-state index contributed by atoms with van der Waals surface area (Å²) in [5.74, 6) is -0.874. The highest BCUT2D eigenvalue weighted by atomic mass is 19.1. The standard InChI is InChI=1S/C26H29FN4O3/c1-15(2)12-20(24(32)28-19-10-8-18(27)9-11-19)31-14-21-22(25(31)33)23(29-26(34)30(21)4)17-7-5-6-16(3)13-17/h5-11,13,15,20,23H,12,14H2,1-4H3,(H,28,32)(H,29,34). The molecule has 2 unspecified atom stereocenters. The molecule has 4 amide bonds. The summed E-state index contributed by atoms with van der Waals surface area (Å²) >= 11 is 0. The summed E-state index contributed by atoms with van der Waals surface area (Å²) in [6.07, 6.45) is 0.444. The fourth-order valence-corrected chi connectivity index (χ4v) is 4.52. The third-order valence-electron chi connectivity index (χ3n) is 6.25. The van der Waals surface area contributed by atoms with Crippen LogP contribution in [0.25, 0.3) is 0 Å². The van der Waals surface area contributed by atoms with E-state index in [1.165, 1.54) is 29.2 Å². The molecule has 2 aliphatic rings. The Kier molecular flexibility index (Phi) is 6.41. The topological polar surface area (TPSA) is 81.8 Å². The third kappa shape index (κ3) is 4.53. The van der Waals surface area contributed by atoms with Crippen molar-refractivity contribution in [1.82, 2.24) is 15.1 Å². The second-order valence-corrected chi connectivity index (χ2v) is 9.29. The van der Waals surface area contributed by atoms with Gasteiger partial charge < -0.3 is 15.5 Å². The molecule has 0 spiro atoms. The minimum atomic E-state index is -0.746. The molecule has 4 rings (SSSR count). The number of halogens is 1. The highest BCUT2D eigenvalue weighted by Gasteiger charge is 2.46.